The van der Waals surface area contributed by atoms with Gasteiger partial charge in [-0.05, 0) is 24.7 Å². The van der Waals surface area contributed by atoms with E-state index in [1.165, 1.54) is 25.7 Å². The molecule has 0 bridgehead atoms. The van der Waals surface area contributed by atoms with Gasteiger partial charge in [-0.1, -0.05) is 12.1 Å². The van der Waals surface area contributed by atoms with Crippen LogP contribution in [0, 0.1) is 5.82 Å². The summed E-state index contributed by atoms with van der Waals surface area (Å²) in [5.41, 5.74) is 0.673. The fraction of sp³-hybridized carbons (Fsp3) is 0.538. The zero-order valence-corrected chi connectivity index (χ0v) is 10.9. The predicted molar refractivity (Wildman–Crippen MR) is 70.1 cm³/mol. The van der Waals surface area contributed by atoms with E-state index in [0.717, 1.165) is 6.54 Å². The van der Waals surface area contributed by atoms with Gasteiger partial charge in [0.25, 0.3) is 0 Å². The molecule has 0 aliphatic carbocycles. The van der Waals surface area contributed by atoms with Gasteiger partial charge in [0.15, 0.2) is 11.6 Å². The van der Waals surface area contributed by atoms with Crippen LogP contribution in [0.25, 0.3) is 0 Å². The van der Waals surface area contributed by atoms with Gasteiger partial charge in [0.2, 0.25) is 0 Å². The Morgan fingerprint density at radius 3 is 3.12 bits per heavy atom. The Morgan fingerprint density at radius 1 is 1.53 bits per heavy atom. The number of halogens is 1. The highest BCUT2D eigenvalue weighted by atomic mass is 32.2. The highest BCUT2D eigenvalue weighted by Gasteiger charge is 2.15. The van der Waals surface area contributed by atoms with E-state index in [9.17, 15) is 4.39 Å². The molecule has 1 saturated heterocycles. The van der Waals surface area contributed by atoms with Crippen molar-refractivity contribution in [1.29, 1.82) is 0 Å². The van der Waals surface area contributed by atoms with Crippen LogP contribution >= 0.6 is 11.8 Å². The minimum Gasteiger partial charge on any atom is -0.494 e. The van der Waals surface area contributed by atoms with Gasteiger partial charge in [-0.3, -0.25) is 0 Å². The second-order valence-corrected chi connectivity index (χ2v) is 5.61. The first-order valence-corrected chi connectivity index (χ1v) is 7.00. The summed E-state index contributed by atoms with van der Waals surface area (Å²) < 4.78 is 18.8. The molecular weight excluding hydrogens is 237 g/mol. The maximum Gasteiger partial charge on any atom is 0.169 e. The molecule has 17 heavy (non-hydrogen) atoms. The molecule has 1 aliphatic rings. The number of thioether (sulfide) groups is 1. The summed E-state index contributed by atoms with van der Waals surface area (Å²) in [7, 11) is 1.49. The summed E-state index contributed by atoms with van der Waals surface area (Å²) >= 11 is 2.01. The fourth-order valence-corrected chi connectivity index (χ4v) is 3.26. The minimum atomic E-state index is -0.249. The lowest BCUT2D eigenvalue weighted by atomic mass is 10.2. The van der Waals surface area contributed by atoms with Crippen LogP contribution in [-0.4, -0.2) is 24.7 Å². The van der Waals surface area contributed by atoms with Crippen LogP contribution in [0.4, 0.5) is 4.39 Å². The van der Waals surface area contributed by atoms with Gasteiger partial charge >= 0.3 is 0 Å². The molecule has 1 atom stereocenters. The Balaban J connectivity index is 1.85. The standard InChI is InChI=1S/C13H18FNOS/c1-16-12-6-2-4-10(13(12)14)8-15-9-11-5-3-7-17-11/h2,4,6,11,15H,3,5,7-9H2,1H3. The van der Waals surface area contributed by atoms with E-state index in [1.807, 2.05) is 17.8 Å². The zero-order valence-electron chi connectivity index (χ0n) is 10.0. The van der Waals surface area contributed by atoms with Crippen molar-refractivity contribution < 1.29 is 9.13 Å². The molecule has 1 heterocycles. The van der Waals surface area contributed by atoms with E-state index in [0.29, 0.717) is 23.1 Å². The third kappa shape index (κ3) is 3.36. The smallest absolute Gasteiger partial charge is 0.169 e. The molecule has 0 aromatic heterocycles. The molecule has 1 aromatic carbocycles. The summed E-state index contributed by atoms with van der Waals surface area (Å²) in [6.45, 7) is 1.53. The number of hydrogen-bond donors (Lipinski definition) is 1. The van der Waals surface area contributed by atoms with Gasteiger partial charge < -0.3 is 10.1 Å². The lowest BCUT2D eigenvalue weighted by Crippen LogP contribution is -2.23. The normalized spacial score (nSPS) is 19.5. The number of ether oxygens (including phenoxy) is 1. The SMILES string of the molecule is COc1cccc(CNCC2CCCS2)c1F. The largest absolute Gasteiger partial charge is 0.494 e. The lowest BCUT2D eigenvalue weighted by molar-refractivity contribution is 0.383. The second kappa shape index (κ2) is 6.26. The zero-order chi connectivity index (χ0) is 12.1. The van der Waals surface area contributed by atoms with E-state index < -0.39 is 0 Å². The molecule has 1 unspecified atom stereocenters. The second-order valence-electron chi connectivity index (χ2n) is 4.20. The predicted octanol–water partition coefficient (Wildman–Crippen LogP) is 2.82. The number of methoxy groups -OCH3 is 1. The van der Waals surface area contributed by atoms with Crippen LogP contribution in [0.2, 0.25) is 0 Å². The van der Waals surface area contributed by atoms with Crippen molar-refractivity contribution >= 4 is 11.8 Å². The van der Waals surface area contributed by atoms with Gasteiger partial charge in [-0.2, -0.15) is 11.8 Å². The summed E-state index contributed by atoms with van der Waals surface area (Å²) in [6, 6.07) is 5.27. The van der Waals surface area contributed by atoms with E-state index in [1.54, 1.807) is 12.1 Å². The molecule has 1 aromatic rings. The van der Waals surface area contributed by atoms with Gasteiger partial charge in [-0.25, -0.2) is 4.39 Å². The summed E-state index contributed by atoms with van der Waals surface area (Å²) in [6.07, 6.45) is 2.59. The van der Waals surface area contributed by atoms with Gasteiger partial charge in [0, 0.05) is 23.9 Å². The van der Waals surface area contributed by atoms with E-state index in [-0.39, 0.29) is 5.82 Å². The van der Waals surface area contributed by atoms with Crippen LogP contribution in [0.15, 0.2) is 18.2 Å². The Hall–Kier alpha value is -0.740. The lowest BCUT2D eigenvalue weighted by Gasteiger charge is -2.11. The first-order valence-electron chi connectivity index (χ1n) is 5.95. The third-order valence-corrected chi connectivity index (χ3v) is 4.37. The van der Waals surface area contributed by atoms with Crippen molar-refractivity contribution in [3.8, 4) is 5.75 Å². The number of rotatable bonds is 5. The van der Waals surface area contributed by atoms with Crippen molar-refractivity contribution in [2.24, 2.45) is 0 Å². The van der Waals surface area contributed by atoms with Crippen molar-refractivity contribution in [3.63, 3.8) is 0 Å². The molecule has 1 N–H and O–H groups in total. The van der Waals surface area contributed by atoms with E-state index in [2.05, 4.69) is 5.32 Å². The van der Waals surface area contributed by atoms with Crippen LogP contribution in [0.5, 0.6) is 5.75 Å². The fourth-order valence-electron chi connectivity index (χ4n) is 2.02. The van der Waals surface area contributed by atoms with Crippen molar-refractivity contribution in [2.45, 2.75) is 24.6 Å². The summed E-state index contributed by atoms with van der Waals surface area (Å²) in [5, 5.41) is 4.02. The van der Waals surface area contributed by atoms with Gasteiger partial charge in [0.05, 0.1) is 7.11 Å². The highest BCUT2D eigenvalue weighted by molar-refractivity contribution is 8.00. The molecule has 1 aliphatic heterocycles. The molecule has 2 nitrogen and oxygen atoms in total. The first-order chi connectivity index (χ1) is 8.31. The molecule has 0 spiro atoms. The maximum absolute atomic E-state index is 13.8. The minimum absolute atomic E-state index is 0.249. The summed E-state index contributed by atoms with van der Waals surface area (Å²) in [4.78, 5) is 0. The van der Waals surface area contributed by atoms with Gasteiger partial charge in [0.1, 0.15) is 0 Å². The van der Waals surface area contributed by atoms with Crippen molar-refractivity contribution in [2.75, 3.05) is 19.4 Å². The third-order valence-electron chi connectivity index (χ3n) is 2.97. The van der Waals surface area contributed by atoms with Crippen LogP contribution in [-0.2, 0) is 6.54 Å². The maximum atomic E-state index is 13.8. The monoisotopic (exact) mass is 255 g/mol. The topological polar surface area (TPSA) is 21.3 Å². The van der Waals surface area contributed by atoms with Crippen molar-refractivity contribution in [1.82, 2.24) is 5.32 Å². The van der Waals surface area contributed by atoms with Gasteiger partial charge in [-0.15, -0.1) is 0 Å². The van der Waals surface area contributed by atoms with E-state index >= 15 is 0 Å². The van der Waals surface area contributed by atoms with Crippen LogP contribution in [0.3, 0.4) is 0 Å². The first kappa shape index (κ1) is 12.7. The average Bonchev–Trinajstić information content (AvgIpc) is 2.84. The molecule has 1 fully saturated rings. The quantitative estimate of drug-likeness (QED) is 0.874. The average molecular weight is 255 g/mol. The molecule has 2 rings (SSSR count). The molecule has 0 saturated carbocycles. The van der Waals surface area contributed by atoms with E-state index in [4.69, 9.17) is 4.74 Å². The number of nitrogens with one attached hydrogen (secondary N) is 1. The Morgan fingerprint density at radius 2 is 2.41 bits per heavy atom. The van der Waals surface area contributed by atoms with Crippen LogP contribution in [0.1, 0.15) is 18.4 Å². The molecule has 0 radical (unpaired) electrons. The molecular formula is C13H18FNOS. The molecule has 0 amide bonds. The molecule has 94 valence electrons. The Labute approximate surface area is 106 Å². The Bertz CT molecular complexity index is 366. The number of benzene rings is 1. The molecule has 4 heteroatoms. The highest BCUT2D eigenvalue weighted by Crippen LogP contribution is 2.25. The Kier molecular flexibility index (Phi) is 4.68. The number of hydrogen-bond acceptors (Lipinski definition) is 3. The van der Waals surface area contributed by atoms with Crippen molar-refractivity contribution in [3.05, 3.63) is 29.6 Å². The summed E-state index contributed by atoms with van der Waals surface area (Å²) in [5.74, 6) is 1.33. The van der Waals surface area contributed by atoms with Crippen LogP contribution < -0.4 is 10.1 Å².